The first-order valence-electron chi connectivity index (χ1n) is 13.4. The van der Waals surface area contributed by atoms with Crippen molar-refractivity contribution in [2.45, 2.75) is 68.6 Å². The second kappa shape index (κ2) is 10.2. The number of piperidine rings is 1. The van der Waals surface area contributed by atoms with Crippen molar-refractivity contribution in [3.63, 3.8) is 0 Å². The van der Waals surface area contributed by atoms with E-state index in [1.807, 2.05) is 19.2 Å². The van der Waals surface area contributed by atoms with Gasteiger partial charge in [0.05, 0.1) is 30.0 Å². The summed E-state index contributed by atoms with van der Waals surface area (Å²) in [4.78, 5) is 19.9. The lowest BCUT2D eigenvalue weighted by Gasteiger charge is -2.52. The lowest BCUT2D eigenvalue weighted by atomic mass is 9.73. The molecule has 4 aliphatic rings. The van der Waals surface area contributed by atoms with Gasteiger partial charge in [-0.3, -0.25) is 0 Å². The van der Waals surface area contributed by atoms with E-state index < -0.39 is 0 Å². The van der Waals surface area contributed by atoms with E-state index in [1.54, 1.807) is 0 Å². The van der Waals surface area contributed by atoms with E-state index in [4.69, 9.17) is 31.0 Å². The van der Waals surface area contributed by atoms with E-state index in [0.29, 0.717) is 27.7 Å². The fraction of sp³-hybridized carbons (Fsp3) is 0.667. The Morgan fingerprint density at radius 3 is 2.51 bits per heavy atom. The summed E-state index contributed by atoms with van der Waals surface area (Å²) in [6, 6.07) is 1.93. The molecule has 4 saturated heterocycles. The summed E-state index contributed by atoms with van der Waals surface area (Å²) in [5.41, 5.74) is 2.10. The number of ether oxygens (including phenoxy) is 2. The molecule has 1 atom stereocenters. The van der Waals surface area contributed by atoms with Crippen molar-refractivity contribution < 1.29 is 14.6 Å². The van der Waals surface area contributed by atoms with Crippen LogP contribution in [0.5, 0.6) is 0 Å². The van der Waals surface area contributed by atoms with Gasteiger partial charge in [-0.2, -0.15) is 0 Å². The number of aliphatic hydroxyl groups is 1. The first kappa shape index (κ1) is 25.6. The predicted octanol–water partition coefficient (Wildman–Crippen LogP) is 4.49. The van der Waals surface area contributed by atoms with Crippen molar-refractivity contribution in [3.05, 3.63) is 28.7 Å². The molecule has 0 amide bonds. The van der Waals surface area contributed by atoms with Gasteiger partial charge in [-0.25, -0.2) is 15.0 Å². The maximum absolute atomic E-state index is 10.2. The molecule has 0 aromatic carbocycles. The molecule has 200 valence electrons. The molecule has 37 heavy (non-hydrogen) atoms. The summed E-state index contributed by atoms with van der Waals surface area (Å²) in [6.45, 7) is 10.3. The van der Waals surface area contributed by atoms with E-state index >= 15 is 0 Å². The van der Waals surface area contributed by atoms with Crippen molar-refractivity contribution in [3.8, 4) is 0 Å². The normalized spacial score (nSPS) is 24.6. The van der Waals surface area contributed by atoms with Crippen molar-refractivity contribution in [1.29, 1.82) is 0 Å². The van der Waals surface area contributed by atoms with Crippen LogP contribution in [0.4, 0.5) is 11.6 Å². The largest absolute Gasteiger partial charge is 0.390 e. The molecule has 4 fully saturated rings. The highest BCUT2D eigenvalue weighted by Gasteiger charge is 2.45. The highest BCUT2D eigenvalue weighted by molar-refractivity contribution is 7.99. The minimum atomic E-state index is -0.146. The number of hydrogen-bond acceptors (Lipinski definition) is 9. The minimum absolute atomic E-state index is 0.146. The van der Waals surface area contributed by atoms with Gasteiger partial charge >= 0.3 is 0 Å². The molecule has 0 aliphatic carbocycles. The maximum Gasteiger partial charge on any atom is 0.153 e. The van der Waals surface area contributed by atoms with Crippen LogP contribution in [-0.2, 0) is 16.1 Å². The fourth-order valence-corrected chi connectivity index (χ4v) is 7.64. The number of anilines is 2. The quantitative estimate of drug-likeness (QED) is 0.584. The Hall–Kier alpha value is -1.65. The van der Waals surface area contributed by atoms with Crippen LogP contribution >= 0.6 is 23.4 Å². The second-order valence-corrected chi connectivity index (χ2v) is 12.8. The zero-order chi connectivity index (χ0) is 25.6. The zero-order valence-electron chi connectivity index (χ0n) is 21.7. The Morgan fingerprint density at radius 1 is 1.08 bits per heavy atom. The third kappa shape index (κ3) is 4.93. The van der Waals surface area contributed by atoms with Crippen LogP contribution in [0.2, 0.25) is 5.02 Å². The summed E-state index contributed by atoms with van der Waals surface area (Å²) in [6.07, 6.45) is 7.67. The van der Waals surface area contributed by atoms with Crippen LogP contribution in [0.3, 0.4) is 0 Å². The predicted molar refractivity (Wildman–Crippen MR) is 145 cm³/mol. The first-order chi connectivity index (χ1) is 17.9. The number of halogens is 1. The van der Waals surface area contributed by atoms with Gasteiger partial charge in [0.1, 0.15) is 16.5 Å². The zero-order valence-corrected chi connectivity index (χ0v) is 23.3. The Balaban J connectivity index is 1.17. The summed E-state index contributed by atoms with van der Waals surface area (Å²) in [5, 5.41) is 11.6. The lowest BCUT2D eigenvalue weighted by molar-refractivity contribution is -0.000458. The van der Waals surface area contributed by atoms with Crippen LogP contribution in [0.1, 0.15) is 50.4 Å². The summed E-state index contributed by atoms with van der Waals surface area (Å²) in [5.74, 6) is 1.64. The van der Waals surface area contributed by atoms with E-state index in [2.05, 4.69) is 21.7 Å². The van der Waals surface area contributed by atoms with E-state index in [0.717, 1.165) is 105 Å². The van der Waals surface area contributed by atoms with Gasteiger partial charge in [0, 0.05) is 55.9 Å². The standard InChI is InChI=1S/C27H36ClN5O3S/c1-18-13-26(17-36-18)4-9-32(10-5-26)23-20(14-34)31-25(19(2)30-23)37-21-3-8-29-24(22(21)28)33-15-27(16-33)6-11-35-12-7-27/h3,8,18,34H,4-7,9-17H2,1-2H3/t18-/m0/s1. The van der Waals surface area contributed by atoms with Gasteiger partial charge in [-0.15, -0.1) is 0 Å². The van der Waals surface area contributed by atoms with Gasteiger partial charge in [0.25, 0.3) is 0 Å². The van der Waals surface area contributed by atoms with Crippen molar-refractivity contribution >= 4 is 35.0 Å². The van der Waals surface area contributed by atoms with Crippen LogP contribution < -0.4 is 9.80 Å². The molecular weight excluding hydrogens is 510 g/mol. The molecule has 10 heteroatoms. The Kier molecular flexibility index (Phi) is 7.03. The third-order valence-corrected chi connectivity index (χ3v) is 10.3. The van der Waals surface area contributed by atoms with Crippen molar-refractivity contribution in [2.24, 2.45) is 10.8 Å². The second-order valence-electron chi connectivity index (χ2n) is 11.4. The molecule has 2 aromatic heterocycles. The molecule has 6 rings (SSSR count). The molecule has 0 saturated carbocycles. The van der Waals surface area contributed by atoms with Crippen LogP contribution in [0, 0.1) is 17.8 Å². The van der Waals surface area contributed by atoms with E-state index in [1.165, 1.54) is 11.8 Å². The average Bonchev–Trinajstić information content (AvgIpc) is 3.25. The van der Waals surface area contributed by atoms with Crippen LogP contribution in [0.15, 0.2) is 22.2 Å². The van der Waals surface area contributed by atoms with E-state index in [9.17, 15) is 5.11 Å². The Morgan fingerprint density at radius 2 is 1.84 bits per heavy atom. The number of pyridine rings is 1. The monoisotopic (exact) mass is 545 g/mol. The highest BCUT2D eigenvalue weighted by atomic mass is 35.5. The van der Waals surface area contributed by atoms with Gasteiger partial charge in [0.15, 0.2) is 5.82 Å². The maximum atomic E-state index is 10.2. The molecule has 8 nitrogen and oxygen atoms in total. The number of aromatic nitrogens is 3. The van der Waals surface area contributed by atoms with Crippen LogP contribution in [0.25, 0.3) is 0 Å². The van der Waals surface area contributed by atoms with Gasteiger partial charge < -0.3 is 24.4 Å². The molecule has 1 N–H and O–H groups in total. The lowest BCUT2D eigenvalue weighted by Crippen LogP contribution is -2.59. The molecular formula is C27H36ClN5O3S. The Bertz CT molecular complexity index is 1150. The average molecular weight is 546 g/mol. The molecule has 0 radical (unpaired) electrons. The number of rotatable bonds is 5. The third-order valence-electron chi connectivity index (χ3n) is 8.69. The summed E-state index contributed by atoms with van der Waals surface area (Å²) < 4.78 is 11.4. The topological polar surface area (TPSA) is 83.8 Å². The van der Waals surface area contributed by atoms with Gasteiger partial charge in [0.2, 0.25) is 0 Å². The molecule has 0 unspecified atom stereocenters. The first-order valence-corrected chi connectivity index (χ1v) is 14.6. The number of aliphatic hydroxyl groups excluding tert-OH is 1. The SMILES string of the molecule is Cc1nc(N2CCC3(CC2)CO[C@@H](C)C3)c(CO)nc1Sc1ccnc(N2CC3(CCOCC3)C2)c1Cl. The minimum Gasteiger partial charge on any atom is -0.390 e. The van der Waals surface area contributed by atoms with Gasteiger partial charge in [-0.05, 0) is 57.4 Å². The molecule has 4 aliphatic heterocycles. The number of aryl methyl sites for hydroxylation is 1. The molecule has 6 heterocycles. The van der Waals surface area contributed by atoms with Crippen molar-refractivity contribution in [1.82, 2.24) is 15.0 Å². The summed E-state index contributed by atoms with van der Waals surface area (Å²) in [7, 11) is 0. The Labute approximate surface area is 228 Å². The molecule has 2 aromatic rings. The fourth-order valence-electron chi connectivity index (χ4n) is 6.42. The summed E-state index contributed by atoms with van der Waals surface area (Å²) >= 11 is 8.37. The van der Waals surface area contributed by atoms with Gasteiger partial charge in [-0.1, -0.05) is 23.4 Å². The van der Waals surface area contributed by atoms with Crippen molar-refractivity contribution in [2.75, 3.05) is 55.8 Å². The highest BCUT2D eigenvalue weighted by Crippen LogP contribution is 2.46. The van der Waals surface area contributed by atoms with Crippen LogP contribution in [-0.4, -0.2) is 72.2 Å². The smallest absolute Gasteiger partial charge is 0.153 e. The van der Waals surface area contributed by atoms with E-state index in [-0.39, 0.29) is 6.61 Å². The molecule has 0 bridgehead atoms. The number of hydrogen-bond donors (Lipinski definition) is 1. The molecule has 2 spiro atoms. The number of nitrogens with zero attached hydrogens (tertiary/aromatic N) is 5.